The van der Waals surface area contributed by atoms with Crippen LogP contribution in [0.1, 0.15) is 13.8 Å². The molecule has 0 bridgehead atoms. The van der Waals surface area contributed by atoms with E-state index in [0.29, 0.717) is 6.54 Å². The molecule has 0 spiro atoms. The molecular formula is C6H14N4O. The summed E-state index contributed by atoms with van der Waals surface area (Å²) < 4.78 is 0. The second-order valence-corrected chi connectivity index (χ2v) is 1.98. The predicted octanol–water partition coefficient (Wildman–Crippen LogP) is -0.696. The number of hydrazine groups is 1. The lowest BCUT2D eigenvalue weighted by molar-refractivity contribution is -0.111. The average molecular weight is 158 g/mol. The second kappa shape index (κ2) is 4.68. The molecule has 0 amide bonds. The summed E-state index contributed by atoms with van der Waals surface area (Å²) in [5, 5.41) is 5.26. The van der Waals surface area contributed by atoms with Gasteiger partial charge in [0, 0.05) is 14.0 Å². The van der Waals surface area contributed by atoms with Crippen LogP contribution in [0.15, 0.2) is 5.10 Å². The largest absolute Gasteiger partial charge is 0.379 e. The van der Waals surface area contributed by atoms with Crippen molar-refractivity contribution in [3.63, 3.8) is 0 Å². The van der Waals surface area contributed by atoms with Crippen LogP contribution in [0.4, 0.5) is 0 Å². The minimum atomic E-state index is -0.223. The monoisotopic (exact) mass is 158 g/mol. The highest BCUT2D eigenvalue weighted by atomic mass is 16.1. The summed E-state index contributed by atoms with van der Waals surface area (Å²) in [6.45, 7) is 3.93. The van der Waals surface area contributed by atoms with Crippen LogP contribution in [-0.2, 0) is 4.79 Å². The second-order valence-electron chi connectivity index (χ2n) is 1.98. The fourth-order valence-electron chi connectivity index (χ4n) is 0.479. The zero-order valence-electron chi connectivity index (χ0n) is 7.09. The van der Waals surface area contributed by atoms with Gasteiger partial charge in [0.15, 0.2) is 11.6 Å². The number of ketones is 1. The molecule has 0 aliphatic heterocycles. The first-order valence-electron chi connectivity index (χ1n) is 3.41. The van der Waals surface area contributed by atoms with E-state index in [-0.39, 0.29) is 11.6 Å². The van der Waals surface area contributed by atoms with Gasteiger partial charge in [-0.3, -0.25) is 4.79 Å². The van der Waals surface area contributed by atoms with Gasteiger partial charge in [0.2, 0.25) is 0 Å². The van der Waals surface area contributed by atoms with Gasteiger partial charge in [-0.1, -0.05) is 0 Å². The molecule has 0 atom stereocenters. The first kappa shape index (κ1) is 9.90. The van der Waals surface area contributed by atoms with E-state index in [1.54, 1.807) is 7.05 Å². The lowest BCUT2D eigenvalue weighted by atomic mass is 10.4. The van der Waals surface area contributed by atoms with Gasteiger partial charge in [-0.2, -0.15) is 0 Å². The van der Waals surface area contributed by atoms with Gasteiger partial charge in [0.25, 0.3) is 0 Å². The number of hydrazone groups is 1. The Hall–Kier alpha value is -1.10. The highest BCUT2D eigenvalue weighted by molar-refractivity contribution is 6.37. The molecule has 0 heterocycles. The minimum Gasteiger partial charge on any atom is -0.379 e. The third-order valence-electron chi connectivity index (χ3n) is 1.15. The molecule has 0 aliphatic rings. The number of amidine groups is 1. The van der Waals surface area contributed by atoms with Crippen LogP contribution < -0.4 is 11.2 Å². The maximum atomic E-state index is 10.6. The van der Waals surface area contributed by atoms with Crippen molar-refractivity contribution >= 4 is 11.6 Å². The zero-order valence-corrected chi connectivity index (χ0v) is 7.09. The van der Waals surface area contributed by atoms with Crippen molar-refractivity contribution in [2.45, 2.75) is 13.8 Å². The van der Waals surface area contributed by atoms with E-state index in [4.69, 9.17) is 5.73 Å². The van der Waals surface area contributed by atoms with E-state index in [1.807, 2.05) is 6.92 Å². The number of hydrogen-bond donors (Lipinski definition) is 2. The highest BCUT2D eigenvalue weighted by Gasteiger charge is 2.00. The van der Waals surface area contributed by atoms with E-state index < -0.39 is 0 Å². The Morgan fingerprint density at radius 1 is 1.73 bits per heavy atom. The number of Topliss-reactive ketones (excluding diaryl/α,β-unsaturated/α-hetero) is 1. The Morgan fingerprint density at radius 3 is 2.55 bits per heavy atom. The maximum absolute atomic E-state index is 10.6. The maximum Gasteiger partial charge on any atom is 0.196 e. The number of carbonyl (C=O) groups is 1. The summed E-state index contributed by atoms with van der Waals surface area (Å²) in [4.78, 5) is 10.6. The molecule has 64 valence electrons. The first-order chi connectivity index (χ1) is 5.11. The van der Waals surface area contributed by atoms with Gasteiger partial charge in [-0.15, -0.1) is 5.10 Å². The molecule has 0 aliphatic carbocycles. The zero-order chi connectivity index (χ0) is 8.85. The number of hydrogen-bond acceptors (Lipinski definition) is 4. The van der Waals surface area contributed by atoms with E-state index >= 15 is 0 Å². The van der Waals surface area contributed by atoms with Gasteiger partial charge in [0.05, 0.1) is 6.54 Å². The molecule has 0 rings (SSSR count). The molecule has 11 heavy (non-hydrogen) atoms. The summed E-state index contributed by atoms with van der Waals surface area (Å²) >= 11 is 0. The average Bonchev–Trinajstić information content (AvgIpc) is 1.99. The fraction of sp³-hybridized carbons (Fsp3) is 0.667. The van der Waals surface area contributed by atoms with Crippen molar-refractivity contribution in [3.8, 4) is 0 Å². The van der Waals surface area contributed by atoms with Crippen molar-refractivity contribution < 1.29 is 4.79 Å². The predicted molar refractivity (Wildman–Crippen MR) is 43.7 cm³/mol. The first-order valence-corrected chi connectivity index (χ1v) is 3.41. The van der Waals surface area contributed by atoms with Crippen LogP contribution in [0.2, 0.25) is 0 Å². The normalized spacial score (nSPS) is 11.4. The van der Waals surface area contributed by atoms with Gasteiger partial charge in [0.1, 0.15) is 0 Å². The summed E-state index contributed by atoms with van der Waals surface area (Å²) in [5.74, 6) is -0.208. The van der Waals surface area contributed by atoms with E-state index in [2.05, 4.69) is 10.5 Å². The van der Waals surface area contributed by atoms with Crippen LogP contribution in [0.5, 0.6) is 0 Å². The van der Waals surface area contributed by atoms with Crippen molar-refractivity contribution in [2.75, 3.05) is 13.6 Å². The summed E-state index contributed by atoms with van der Waals surface area (Å²) in [5.41, 5.74) is 8.04. The number of nitrogens with one attached hydrogen (secondary N) is 1. The van der Waals surface area contributed by atoms with Crippen molar-refractivity contribution in [1.82, 2.24) is 10.5 Å². The Morgan fingerprint density at radius 2 is 2.27 bits per heavy atom. The number of nitrogens with zero attached hydrogens (tertiary/aromatic N) is 2. The molecule has 0 radical (unpaired) electrons. The fourth-order valence-corrected chi connectivity index (χ4v) is 0.479. The van der Waals surface area contributed by atoms with Crippen LogP contribution in [0, 0.1) is 0 Å². The molecule has 0 saturated heterocycles. The Kier molecular flexibility index (Phi) is 4.21. The lowest BCUT2D eigenvalue weighted by Crippen LogP contribution is -2.34. The molecule has 0 unspecified atom stereocenters. The van der Waals surface area contributed by atoms with Crippen LogP contribution >= 0.6 is 0 Å². The third kappa shape index (κ3) is 3.57. The van der Waals surface area contributed by atoms with Gasteiger partial charge >= 0.3 is 0 Å². The molecule has 0 fully saturated rings. The standard InChI is InChI=1S/C6H14N4O/c1-4-10(8-3)9-6(7)5(2)11/h8H,4H2,1-3H3,(H2,7,9). The molecule has 5 heteroatoms. The van der Waals surface area contributed by atoms with Crippen molar-refractivity contribution in [2.24, 2.45) is 10.8 Å². The molecule has 0 aromatic carbocycles. The van der Waals surface area contributed by atoms with Crippen LogP contribution in [0.3, 0.4) is 0 Å². The summed E-state index contributed by atoms with van der Waals surface area (Å²) in [7, 11) is 1.71. The topological polar surface area (TPSA) is 70.7 Å². The summed E-state index contributed by atoms with van der Waals surface area (Å²) in [6, 6.07) is 0. The minimum absolute atomic E-state index is 0.0150. The van der Waals surface area contributed by atoms with E-state index in [1.165, 1.54) is 12.0 Å². The molecule has 0 saturated carbocycles. The Labute approximate surface area is 66.2 Å². The number of nitrogens with two attached hydrogens (primary N) is 1. The smallest absolute Gasteiger partial charge is 0.196 e. The van der Waals surface area contributed by atoms with Crippen LogP contribution in [-0.4, -0.2) is 30.3 Å². The van der Waals surface area contributed by atoms with Gasteiger partial charge in [-0.05, 0) is 6.92 Å². The molecule has 0 aromatic rings. The van der Waals surface area contributed by atoms with E-state index in [9.17, 15) is 4.79 Å². The van der Waals surface area contributed by atoms with Crippen molar-refractivity contribution in [1.29, 1.82) is 0 Å². The molecular weight excluding hydrogens is 144 g/mol. The SMILES string of the molecule is CCN(/N=C(\N)C(C)=O)NC. The quantitative estimate of drug-likeness (QED) is 0.322. The summed E-state index contributed by atoms with van der Waals surface area (Å²) in [6.07, 6.45) is 0. The number of carbonyl (C=O) groups excluding carboxylic acids is 1. The molecule has 3 N–H and O–H groups in total. The Balaban J connectivity index is 4.14. The number of rotatable bonds is 4. The van der Waals surface area contributed by atoms with Gasteiger partial charge in [-0.25, -0.2) is 10.5 Å². The van der Waals surface area contributed by atoms with Crippen LogP contribution in [0.25, 0.3) is 0 Å². The third-order valence-corrected chi connectivity index (χ3v) is 1.15. The lowest BCUT2D eigenvalue weighted by Gasteiger charge is -2.14. The molecule has 5 nitrogen and oxygen atoms in total. The van der Waals surface area contributed by atoms with Crippen molar-refractivity contribution in [3.05, 3.63) is 0 Å². The molecule has 0 aromatic heterocycles. The van der Waals surface area contributed by atoms with Gasteiger partial charge < -0.3 is 5.73 Å². The Bertz CT molecular complexity index is 162. The van der Waals surface area contributed by atoms with E-state index in [0.717, 1.165) is 0 Å². The highest BCUT2D eigenvalue weighted by Crippen LogP contribution is 1.81.